The number of hydrogen-bond acceptors (Lipinski definition) is 5. The molecule has 0 bridgehead atoms. The number of nitrogens with zero attached hydrogens (tertiary/aromatic N) is 5. The first-order valence-corrected chi connectivity index (χ1v) is 7.68. The molecule has 3 aromatic heterocycles. The number of nitrogens with one attached hydrogen (secondary N) is 1. The van der Waals surface area contributed by atoms with Crippen LogP contribution in [0.3, 0.4) is 0 Å². The first kappa shape index (κ1) is 16.0. The van der Waals surface area contributed by atoms with Gasteiger partial charge in [0.05, 0.1) is 24.0 Å². The number of carbonyl (C=O) groups excluding carboxylic acids is 1. The topological polar surface area (TPSA) is 92.8 Å². The predicted octanol–water partition coefficient (Wildman–Crippen LogP) is 2.09. The maximum atomic E-state index is 12.6. The van der Waals surface area contributed by atoms with Crippen LogP contribution in [0.25, 0.3) is 0 Å². The van der Waals surface area contributed by atoms with Gasteiger partial charge in [-0.25, -0.2) is 0 Å². The molecule has 3 rings (SSSR count). The predicted molar refractivity (Wildman–Crippen MR) is 86.4 cm³/mol. The van der Waals surface area contributed by atoms with Crippen LogP contribution in [0.15, 0.2) is 29.0 Å². The number of carbonyl (C=O) groups is 1. The Hall–Kier alpha value is -2.90. The average Bonchev–Trinajstić information content (AvgIpc) is 3.28. The zero-order valence-electron chi connectivity index (χ0n) is 14.1. The molecule has 0 saturated carbocycles. The first-order chi connectivity index (χ1) is 11.5. The summed E-state index contributed by atoms with van der Waals surface area (Å²) in [6, 6.07) is 5.31. The van der Waals surface area contributed by atoms with E-state index in [1.165, 1.54) is 6.26 Å². The van der Waals surface area contributed by atoms with Crippen LogP contribution in [0, 0.1) is 13.8 Å². The van der Waals surface area contributed by atoms with E-state index in [0.29, 0.717) is 17.9 Å². The average molecular weight is 328 g/mol. The fourth-order valence-electron chi connectivity index (χ4n) is 2.54. The van der Waals surface area contributed by atoms with Crippen molar-refractivity contribution in [3.05, 3.63) is 52.9 Å². The van der Waals surface area contributed by atoms with Gasteiger partial charge in [-0.2, -0.15) is 10.2 Å². The lowest BCUT2D eigenvalue weighted by Crippen LogP contribution is -2.30. The summed E-state index contributed by atoms with van der Waals surface area (Å²) in [5.41, 5.74) is 3.91. The van der Waals surface area contributed by atoms with E-state index >= 15 is 0 Å². The van der Waals surface area contributed by atoms with E-state index in [2.05, 4.69) is 20.5 Å². The lowest BCUT2D eigenvalue weighted by atomic mass is 10.2. The van der Waals surface area contributed by atoms with Gasteiger partial charge in [-0.05, 0) is 32.9 Å². The van der Waals surface area contributed by atoms with Gasteiger partial charge >= 0.3 is 0 Å². The van der Waals surface area contributed by atoms with Crippen molar-refractivity contribution in [2.75, 3.05) is 7.05 Å². The van der Waals surface area contributed by atoms with Crippen molar-refractivity contribution in [2.45, 2.75) is 33.4 Å². The number of hydrogen-bond donors (Lipinski definition) is 1. The highest BCUT2D eigenvalue weighted by molar-refractivity contribution is 5.92. The minimum atomic E-state index is -0.201. The summed E-state index contributed by atoms with van der Waals surface area (Å²) in [5, 5.41) is 15.3. The molecular weight excluding hydrogens is 308 g/mol. The monoisotopic (exact) mass is 328 g/mol. The Kier molecular flexibility index (Phi) is 4.20. The lowest BCUT2D eigenvalue weighted by Gasteiger charge is -2.21. The minimum Gasteiger partial charge on any atom is -0.364 e. The van der Waals surface area contributed by atoms with Crippen molar-refractivity contribution in [3.63, 3.8) is 0 Å². The maximum Gasteiger partial charge on any atom is 0.274 e. The molecule has 126 valence electrons. The van der Waals surface area contributed by atoms with Crippen LogP contribution in [-0.4, -0.2) is 43.0 Å². The van der Waals surface area contributed by atoms with Gasteiger partial charge in [-0.3, -0.25) is 14.6 Å². The van der Waals surface area contributed by atoms with Crippen LogP contribution in [0.5, 0.6) is 0 Å². The molecule has 0 aliphatic carbocycles. The van der Waals surface area contributed by atoms with E-state index in [4.69, 9.17) is 4.52 Å². The van der Waals surface area contributed by atoms with Gasteiger partial charge in [0.25, 0.3) is 5.91 Å². The molecule has 8 heteroatoms. The number of aromatic amines is 1. The fourth-order valence-corrected chi connectivity index (χ4v) is 2.54. The number of H-pyrrole nitrogens is 1. The summed E-state index contributed by atoms with van der Waals surface area (Å²) >= 11 is 0. The van der Waals surface area contributed by atoms with Crippen LogP contribution >= 0.6 is 0 Å². The molecule has 0 saturated heterocycles. The molecule has 0 aliphatic rings. The Morgan fingerprint density at radius 2 is 2.21 bits per heavy atom. The first-order valence-electron chi connectivity index (χ1n) is 7.68. The zero-order chi connectivity index (χ0) is 17.3. The molecule has 0 spiro atoms. The van der Waals surface area contributed by atoms with Crippen molar-refractivity contribution in [1.29, 1.82) is 0 Å². The molecule has 0 fully saturated rings. The van der Waals surface area contributed by atoms with Crippen molar-refractivity contribution >= 4 is 5.91 Å². The Morgan fingerprint density at radius 1 is 1.42 bits per heavy atom. The van der Waals surface area contributed by atoms with E-state index < -0.39 is 0 Å². The van der Waals surface area contributed by atoms with Crippen molar-refractivity contribution in [2.24, 2.45) is 0 Å². The minimum absolute atomic E-state index is 0.179. The molecule has 0 aliphatic heterocycles. The molecule has 3 heterocycles. The van der Waals surface area contributed by atoms with Gasteiger partial charge < -0.3 is 9.42 Å². The molecule has 1 N–H and O–H groups in total. The molecule has 0 radical (unpaired) electrons. The van der Waals surface area contributed by atoms with Gasteiger partial charge in [0.1, 0.15) is 17.7 Å². The van der Waals surface area contributed by atoms with E-state index in [-0.39, 0.29) is 11.9 Å². The summed E-state index contributed by atoms with van der Waals surface area (Å²) in [6.45, 7) is 6.38. The lowest BCUT2D eigenvalue weighted by molar-refractivity contribution is 0.0731. The van der Waals surface area contributed by atoms with Gasteiger partial charge in [0.15, 0.2) is 0 Å². The van der Waals surface area contributed by atoms with E-state index in [1.807, 2.05) is 31.5 Å². The highest BCUT2D eigenvalue weighted by atomic mass is 16.5. The van der Waals surface area contributed by atoms with Gasteiger partial charge in [0.2, 0.25) is 0 Å². The molecule has 8 nitrogen and oxygen atoms in total. The Bertz CT molecular complexity index is 833. The number of amides is 1. The maximum absolute atomic E-state index is 12.6. The summed E-state index contributed by atoms with van der Waals surface area (Å²) < 4.78 is 6.71. The summed E-state index contributed by atoms with van der Waals surface area (Å²) in [5.74, 6) is -0.179. The van der Waals surface area contributed by atoms with Crippen molar-refractivity contribution in [3.8, 4) is 0 Å². The van der Waals surface area contributed by atoms with Crippen molar-refractivity contribution in [1.82, 2.24) is 30.0 Å². The van der Waals surface area contributed by atoms with Crippen molar-refractivity contribution < 1.29 is 9.32 Å². The summed E-state index contributed by atoms with van der Waals surface area (Å²) in [4.78, 5) is 14.2. The molecule has 24 heavy (non-hydrogen) atoms. The van der Waals surface area contributed by atoms with Crippen LogP contribution in [0.4, 0.5) is 0 Å². The smallest absolute Gasteiger partial charge is 0.274 e. The van der Waals surface area contributed by atoms with Crippen LogP contribution in [-0.2, 0) is 6.54 Å². The third kappa shape index (κ3) is 3.08. The van der Waals surface area contributed by atoms with Crippen LogP contribution in [0.1, 0.15) is 46.2 Å². The highest BCUT2D eigenvalue weighted by Gasteiger charge is 2.23. The molecule has 1 unspecified atom stereocenters. The van der Waals surface area contributed by atoms with Crippen LogP contribution in [0.2, 0.25) is 0 Å². The normalized spacial score (nSPS) is 12.3. The Morgan fingerprint density at radius 3 is 2.83 bits per heavy atom. The van der Waals surface area contributed by atoms with Gasteiger partial charge in [-0.1, -0.05) is 5.16 Å². The molecule has 3 aromatic rings. The second-order valence-electron chi connectivity index (χ2n) is 5.88. The Labute approximate surface area is 139 Å². The number of aromatic nitrogens is 5. The quantitative estimate of drug-likeness (QED) is 0.774. The second-order valence-corrected chi connectivity index (χ2v) is 5.88. The SMILES string of the molecule is Cc1cc(C)n(Cc2cc(C(=O)N(C)C(C)c3ccon3)n[nH]2)n1. The van der Waals surface area contributed by atoms with E-state index in [9.17, 15) is 4.79 Å². The third-order valence-electron chi connectivity index (χ3n) is 4.06. The number of rotatable bonds is 5. The number of aryl methyl sites for hydroxylation is 2. The second kappa shape index (κ2) is 6.31. The standard InChI is InChI=1S/C16H20N6O2/c1-10-7-11(2)22(19-10)9-13-8-15(18-17-13)16(23)21(4)12(3)14-5-6-24-20-14/h5-8,12H,9H2,1-4H3,(H,17,18). The molecule has 1 amide bonds. The fraction of sp³-hybridized carbons (Fsp3) is 0.375. The van der Waals surface area contributed by atoms with E-state index in [1.54, 1.807) is 24.1 Å². The summed E-state index contributed by atoms with van der Waals surface area (Å²) in [7, 11) is 1.72. The molecule has 0 aromatic carbocycles. The Balaban J connectivity index is 1.72. The highest BCUT2D eigenvalue weighted by Crippen LogP contribution is 2.18. The van der Waals surface area contributed by atoms with E-state index in [0.717, 1.165) is 17.1 Å². The molecule has 1 atom stereocenters. The largest absolute Gasteiger partial charge is 0.364 e. The molecular formula is C16H20N6O2. The van der Waals surface area contributed by atoms with Gasteiger partial charge in [-0.15, -0.1) is 0 Å². The van der Waals surface area contributed by atoms with Crippen LogP contribution < -0.4 is 0 Å². The summed E-state index contributed by atoms with van der Waals surface area (Å²) in [6.07, 6.45) is 1.49. The van der Waals surface area contributed by atoms with Gasteiger partial charge in [0, 0.05) is 18.8 Å². The third-order valence-corrected chi connectivity index (χ3v) is 4.06. The zero-order valence-corrected chi connectivity index (χ0v) is 14.1.